The number of hydrogen-bond acceptors (Lipinski definition) is 2. The van der Waals surface area contributed by atoms with E-state index in [0.717, 1.165) is 11.1 Å². The van der Waals surface area contributed by atoms with E-state index < -0.39 is 0 Å². The maximum atomic E-state index is 8.89. The second-order valence-corrected chi connectivity index (χ2v) is 5.09. The van der Waals surface area contributed by atoms with Crippen molar-refractivity contribution in [2.75, 3.05) is 0 Å². The van der Waals surface area contributed by atoms with Crippen LogP contribution in [0.4, 0.5) is 0 Å². The maximum Gasteiger partial charge on any atom is 0.101 e. The molecule has 0 saturated carbocycles. The molecule has 0 atom stereocenters. The van der Waals surface area contributed by atoms with Gasteiger partial charge in [0.2, 0.25) is 0 Å². The lowest BCUT2D eigenvalue weighted by Gasteiger charge is -2.22. The molecule has 3 heteroatoms. The van der Waals surface area contributed by atoms with E-state index in [1.54, 1.807) is 12.1 Å². The zero-order valence-electron chi connectivity index (χ0n) is 9.63. The van der Waals surface area contributed by atoms with Crippen molar-refractivity contribution in [3.05, 3.63) is 33.8 Å². The van der Waals surface area contributed by atoms with Gasteiger partial charge in [-0.15, -0.1) is 0 Å². The lowest BCUT2D eigenvalue weighted by molar-refractivity contribution is 0.584. The fourth-order valence-electron chi connectivity index (χ4n) is 1.63. The Balaban J connectivity index is 3.45. The Bertz CT molecular complexity index is 484. The SMILES string of the molecule is CC(C)(C)c1cc(Cl)c(C#N)cc1CC#N. The molecule has 0 aliphatic heterocycles. The van der Waals surface area contributed by atoms with Crippen LogP contribution in [0.2, 0.25) is 5.02 Å². The molecule has 0 aromatic heterocycles. The van der Waals surface area contributed by atoms with Crippen LogP contribution >= 0.6 is 11.6 Å². The molecule has 0 saturated heterocycles. The van der Waals surface area contributed by atoms with Crippen LogP contribution in [-0.4, -0.2) is 0 Å². The molecule has 82 valence electrons. The smallest absolute Gasteiger partial charge is 0.101 e. The minimum Gasteiger partial charge on any atom is -0.198 e. The average Bonchev–Trinajstić information content (AvgIpc) is 2.19. The second kappa shape index (κ2) is 4.56. The summed E-state index contributed by atoms with van der Waals surface area (Å²) < 4.78 is 0. The van der Waals surface area contributed by atoms with E-state index in [1.165, 1.54) is 0 Å². The Morgan fingerprint density at radius 3 is 2.31 bits per heavy atom. The zero-order valence-corrected chi connectivity index (χ0v) is 10.4. The van der Waals surface area contributed by atoms with Gasteiger partial charge in [-0.05, 0) is 28.7 Å². The van der Waals surface area contributed by atoms with Crippen molar-refractivity contribution in [3.63, 3.8) is 0 Å². The van der Waals surface area contributed by atoms with Gasteiger partial charge in [0.25, 0.3) is 0 Å². The predicted molar refractivity (Wildman–Crippen MR) is 64.2 cm³/mol. The van der Waals surface area contributed by atoms with Crippen LogP contribution in [-0.2, 0) is 11.8 Å². The van der Waals surface area contributed by atoms with Gasteiger partial charge in [0.05, 0.1) is 23.1 Å². The molecule has 0 bridgehead atoms. The summed E-state index contributed by atoms with van der Waals surface area (Å²) in [4.78, 5) is 0. The van der Waals surface area contributed by atoms with Crippen molar-refractivity contribution in [2.45, 2.75) is 32.6 Å². The number of benzene rings is 1. The van der Waals surface area contributed by atoms with Crippen LogP contribution in [0, 0.1) is 22.7 Å². The third-order valence-corrected chi connectivity index (χ3v) is 2.70. The molecule has 0 unspecified atom stereocenters. The Morgan fingerprint density at radius 1 is 1.25 bits per heavy atom. The molecule has 1 rings (SSSR count). The largest absolute Gasteiger partial charge is 0.198 e. The highest BCUT2D eigenvalue weighted by atomic mass is 35.5. The van der Waals surface area contributed by atoms with Gasteiger partial charge in [-0.2, -0.15) is 10.5 Å². The van der Waals surface area contributed by atoms with Gasteiger partial charge in [-0.3, -0.25) is 0 Å². The third-order valence-electron chi connectivity index (χ3n) is 2.39. The second-order valence-electron chi connectivity index (χ2n) is 4.69. The summed E-state index contributed by atoms with van der Waals surface area (Å²) in [5, 5.41) is 18.1. The van der Waals surface area contributed by atoms with Crippen LogP contribution in [0.15, 0.2) is 12.1 Å². The number of nitrogens with zero attached hydrogens (tertiary/aromatic N) is 2. The van der Waals surface area contributed by atoms with Gasteiger partial charge in [-0.1, -0.05) is 32.4 Å². The molecule has 0 amide bonds. The van der Waals surface area contributed by atoms with Crippen molar-refractivity contribution in [3.8, 4) is 12.1 Å². The highest BCUT2D eigenvalue weighted by molar-refractivity contribution is 6.31. The Morgan fingerprint density at radius 2 is 1.88 bits per heavy atom. The van der Waals surface area contributed by atoms with E-state index in [2.05, 4.69) is 26.8 Å². The van der Waals surface area contributed by atoms with Gasteiger partial charge in [0.15, 0.2) is 0 Å². The first-order valence-electron chi connectivity index (χ1n) is 5.00. The highest BCUT2D eigenvalue weighted by Gasteiger charge is 2.19. The zero-order chi connectivity index (χ0) is 12.3. The minimum absolute atomic E-state index is 0.0796. The summed E-state index contributed by atoms with van der Waals surface area (Å²) in [6, 6.07) is 7.66. The first-order valence-corrected chi connectivity index (χ1v) is 5.38. The molecular weight excluding hydrogens is 220 g/mol. The first-order chi connectivity index (χ1) is 7.40. The maximum absolute atomic E-state index is 8.89. The van der Waals surface area contributed by atoms with Crippen LogP contribution < -0.4 is 0 Å². The summed E-state index contributed by atoms with van der Waals surface area (Å²) >= 11 is 6.00. The summed E-state index contributed by atoms with van der Waals surface area (Å²) in [6.45, 7) is 6.18. The highest BCUT2D eigenvalue weighted by Crippen LogP contribution is 2.30. The van der Waals surface area contributed by atoms with E-state index in [9.17, 15) is 0 Å². The van der Waals surface area contributed by atoms with Crippen molar-refractivity contribution in [1.29, 1.82) is 10.5 Å². The first kappa shape index (κ1) is 12.6. The minimum atomic E-state index is -0.0796. The van der Waals surface area contributed by atoms with E-state index in [-0.39, 0.29) is 5.41 Å². The van der Waals surface area contributed by atoms with Crippen LogP contribution in [0.3, 0.4) is 0 Å². The molecule has 1 aromatic carbocycles. The fraction of sp³-hybridized carbons (Fsp3) is 0.385. The summed E-state index contributed by atoms with van der Waals surface area (Å²) in [7, 11) is 0. The van der Waals surface area contributed by atoms with Crippen LogP contribution in [0.25, 0.3) is 0 Å². The monoisotopic (exact) mass is 232 g/mol. The van der Waals surface area contributed by atoms with Crippen molar-refractivity contribution >= 4 is 11.6 Å². The molecule has 0 heterocycles. The number of halogens is 1. The summed E-state index contributed by atoms with van der Waals surface area (Å²) in [5.74, 6) is 0. The lowest BCUT2D eigenvalue weighted by Crippen LogP contribution is -2.14. The van der Waals surface area contributed by atoms with Gasteiger partial charge >= 0.3 is 0 Å². The molecule has 0 radical (unpaired) electrons. The molecule has 2 nitrogen and oxygen atoms in total. The van der Waals surface area contributed by atoms with Crippen LogP contribution in [0.1, 0.15) is 37.5 Å². The lowest BCUT2D eigenvalue weighted by atomic mass is 9.82. The number of nitriles is 2. The Kier molecular flexibility index (Phi) is 3.58. The van der Waals surface area contributed by atoms with E-state index in [0.29, 0.717) is 17.0 Å². The number of rotatable bonds is 1. The number of hydrogen-bond donors (Lipinski definition) is 0. The summed E-state index contributed by atoms with van der Waals surface area (Å²) in [6.07, 6.45) is 0.304. The van der Waals surface area contributed by atoms with E-state index in [4.69, 9.17) is 22.1 Å². The molecule has 16 heavy (non-hydrogen) atoms. The molecular formula is C13H13ClN2. The molecule has 1 aromatic rings. The third kappa shape index (κ3) is 2.54. The van der Waals surface area contributed by atoms with Crippen LogP contribution in [0.5, 0.6) is 0 Å². The van der Waals surface area contributed by atoms with Gasteiger partial charge in [-0.25, -0.2) is 0 Å². The fourth-order valence-corrected chi connectivity index (χ4v) is 1.84. The van der Waals surface area contributed by atoms with Crippen molar-refractivity contribution in [2.24, 2.45) is 0 Å². The Labute approximate surface area is 101 Å². The average molecular weight is 233 g/mol. The van der Waals surface area contributed by atoms with Gasteiger partial charge < -0.3 is 0 Å². The van der Waals surface area contributed by atoms with Gasteiger partial charge in [0.1, 0.15) is 6.07 Å². The molecule has 0 fully saturated rings. The predicted octanol–water partition coefficient (Wildman–Crippen LogP) is 3.58. The van der Waals surface area contributed by atoms with Crippen molar-refractivity contribution in [1.82, 2.24) is 0 Å². The van der Waals surface area contributed by atoms with Gasteiger partial charge in [0, 0.05) is 0 Å². The molecule has 0 aliphatic carbocycles. The topological polar surface area (TPSA) is 47.6 Å². The summed E-state index contributed by atoms with van der Waals surface area (Å²) in [5.41, 5.74) is 2.26. The quantitative estimate of drug-likeness (QED) is 0.743. The van der Waals surface area contributed by atoms with Crippen molar-refractivity contribution < 1.29 is 0 Å². The van der Waals surface area contributed by atoms with E-state index >= 15 is 0 Å². The normalized spacial score (nSPS) is 10.6. The molecule has 0 aliphatic rings. The van der Waals surface area contributed by atoms with E-state index in [1.807, 2.05) is 6.07 Å². The molecule has 0 spiro atoms. The molecule has 0 N–H and O–H groups in total. The Hall–Kier alpha value is -1.51. The standard InChI is InChI=1S/C13H13ClN2/c1-13(2,3)11-7-12(14)10(8-16)6-9(11)4-5-15/h6-7H,4H2,1-3H3.